The van der Waals surface area contributed by atoms with Gasteiger partial charge in [0.1, 0.15) is 23.8 Å². The normalized spacial score (nSPS) is 25.9. The van der Waals surface area contributed by atoms with E-state index in [1.165, 1.54) is 12.1 Å². The first-order chi connectivity index (χ1) is 11.5. The SMILES string of the molecule is CC(=O)N1CCC(N2CCC(O)(COc3cccc(F)c3)C2)CC1. The summed E-state index contributed by atoms with van der Waals surface area (Å²) in [5.74, 6) is 0.233. The molecule has 1 atom stereocenters. The molecule has 1 unspecified atom stereocenters. The summed E-state index contributed by atoms with van der Waals surface area (Å²) in [7, 11) is 0. The van der Waals surface area contributed by atoms with E-state index in [1.807, 2.05) is 4.90 Å². The third-order valence-electron chi connectivity index (χ3n) is 5.09. The van der Waals surface area contributed by atoms with Crippen LogP contribution in [-0.2, 0) is 4.79 Å². The molecule has 2 saturated heterocycles. The summed E-state index contributed by atoms with van der Waals surface area (Å²) in [5.41, 5.74) is -0.899. The van der Waals surface area contributed by atoms with E-state index in [-0.39, 0.29) is 18.3 Å². The van der Waals surface area contributed by atoms with Gasteiger partial charge in [-0.05, 0) is 31.4 Å². The first-order valence-electron chi connectivity index (χ1n) is 8.55. The summed E-state index contributed by atoms with van der Waals surface area (Å²) in [5, 5.41) is 10.7. The van der Waals surface area contributed by atoms with E-state index in [1.54, 1.807) is 19.1 Å². The predicted octanol–water partition coefficient (Wildman–Crippen LogP) is 1.65. The molecule has 2 aliphatic heterocycles. The van der Waals surface area contributed by atoms with Crippen LogP contribution in [-0.4, -0.2) is 65.2 Å². The van der Waals surface area contributed by atoms with Crippen molar-refractivity contribution in [2.24, 2.45) is 0 Å². The molecule has 3 rings (SSSR count). The number of carbonyl (C=O) groups excluding carboxylic acids is 1. The van der Waals surface area contributed by atoms with Crippen LogP contribution in [0.5, 0.6) is 5.75 Å². The van der Waals surface area contributed by atoms with Gasteiger partial charge in [0.2, 0.25) is 5.91 Å². The lowest BCUT2D eigenvalue weighted by Crippen LogP contribution is -2.47. The fourth-order valence-corrected chi connectivity index (χ4v) is 3.64. The summed E-state index contributed by atoms with van der Waals surface area (Å²) in [6.07, 6.45) is 2.54. The highest BCUT2D eigenvalue weighted by Gasteiger charge is 2.40. The first-order valence-corrected chi connectivity index (χ1v) is 8.55. The lowest BCUT2D eigenvalue weighted by Gasteiger charge is -2.36. The van der Waals surface area contributed by atoms with Gasteiger partial charge in [-0.2, -0.15) is 0 Å². The van der Waals surface area contributed by atoms with Crippen molar-refractivity contribution in [3.05, 3.63) is 30.1 Å². The van der Waals surface area contributed by atoms with Crippen molar-refractivity contribution in [1.29, 1.82) is 0 Å². The van der Waals surface area contributed by atoms with Gasteiger partial charge in [0.15, 0.2) is 0 Å². The Hall–Kier alpha value is -1.66. The highest BCUT2D eigenvalue weighted by Crippen LogP contribution is 2.28. The number of nitrogens with zero attached hydrogens (tertiary/aromatic N) is 2. The Morgan fingerprint density at radius 2 is 2.12 bits per heavy atom. The number of rotatable bonds is 4. The van der Waals surface area contributed by atoms with Gasteiger partial charge < -0.3 is 14.7 Å². The van der Waals surface area contributed by atoms with Crippen LogP contribution in [0.2, 0.25) is 0 Å². The minimum Gasteiger partial charge on any atom is -0.490 e. The lowest BCUT2D eigenvalue weighted by atomic mass is 10.0. The van der Waals surface area contributed by atoms with Crippen LogP contribution in [0, 0.1) is 5.82 Å². The zero-order chi connectivity index (χ0) is 17.2. The molecule has 24 heavy (non-hydrogen) atoms. The first kappa shape index (κ1) is 17.2. The molecule has 0 bridgehead atoms. The largest absolute Gasteiger partial charge is 0.490 e. The van der Waals surface area contributed by atoms with Crippen LogP contribution in [0.25, 0.3) is 0 Å². The van der Waals surface area contributed by atoms with Crippen molar-refractivity contribution >= 4 is 5.91 Å². The molecular formula is C18H25FN2O3. The van der Waals surface area contributed by atoms with E-state index in [4.69, 9.17) is 4.74 Å². The number of aliphatic hydroxyl groups is 1. The molecule has 2 aliphatic rings. The molecule has 0 saturated carbocycles. The number of hydrogen-bond donors (Lipinski definition) is 1. The second-order valence-electron chi connectivity index (χ2n) is 6.93. The highest BCUT2D eigenvalue weighted by atomic mass is 19.1. The number of ether oxygens (including phenoxy) is 1. The summed E-state index contributed by atoms with van der Waals surface area (Å²) >= 11 is 0. The average Bonchev–Trinajstić information content (AvgIpc) is 2.96. The topological polar surface area (TPSA) is 53.0 Å². The molecule has 2 fully saturated rings. The Morgan fingerprint density at radius 3 is 2.79 bits per heavy atom. The molecule has 1 aromatic rings. The number of halogens is 1. The quantitative estimate of drug-likeness (QED) is 0.908. The molecule has 0 aromatic heterocycles. The van der Waals surface area contributed by atoms with Gasteiger partial charge in [0.05, 0.1) is 0 Å². The van der Waals surface area contributed by atoms with Crippen LogP contribution in [0.1, 0.15) is 26.2 Å². The number of amides is 1. The van der Waals surface area contributed by atoms with Crippen molar-refractivity contribution in [2.75, 3.05) is 32.8 Å². The standard InChI is InChI=1S/C18H25FN2O3/c1-14(22)20-8-5-16(6-9-20)21-10-7-18(23,12-21)13-24-17-4-2-3-15(19)11-17/h2-4,11,16,23H,5-10,12-13H2,1H3. The second-order valence-corrected chi connectivity index (χ2v) is 6.93. The summed E-state index contributed by atoms with van der Waals surface area (Å²) in [6.45, 7) is 4.74. The number of β-amino-alcohol motifs (C(OH)–C–C–N with tert-alkyl or cyclic N) is 1. The van der Waals surface area contributed by atoms with Gasteiger partial charge >= 0.3 is 0 Å². The fraction of sp³-hybridized carbons (Fsp3) is 0.611. The lowest BCUT2D eigenvalue weighted by molar-refractivity contribution is -0.130. The van der Waals surface area contributed by atoms with Crippen molar-refractivity contribution in [1.82, 2.24) is 9.80 Å². The van der Waals surface area contributed by atoms with Crippen LogP contribution >= 0.6 is 0 Å². The number of carbonyl (C=O) groups is 1. The van der Waals surface area contributed by atoms with Gasteiger partial charge in [-0.3, -0.25) is 9.69 Å². The maximum Gasteiger partial charge on any atom is 0.219 e. The minimum atomic E-state index is -0.899. The van der Waals surface area contributed by atoms with Gasteiger partial charge in [0.25, 0.3) is 0 Å². The molecule has 132 valence electrons. The van der Waals surface area contributed by atoms with Gasteiger partial charge in [0, 0.05) is 45.2 Å². The van der Waals surface area contributed by atoms with Gasteiger partial charge in [-0.15, -0.1) is 0 Å². The van der Waals surface area contributed by atoms with E-state index in [9.17, 15) is 14.3 Å². The van der Waals surface area contributed by atoms with Crippen molar-refractivity contribution < 1.29 is 19.0 Å². The van der Waals surface area contributed by atoms with Gasteiger partial charge in [-0.25, -0.2) is 4.39 Å². The van der Waals surface area contributed by atoms with E-state index in [0.29, 0.717) is 24.8 Å². The van der Waals surface area contributed by atoms with Crippen molar-refractivity contribution in [2.45, 2.75) is 37.8 Å². The van der Waals surface area contributed by atoms with Crippen LogP contribution in [0.15, 0.2) is 24.3 Å². The Bertz CT molecular complexity index is 589. The average molecular weight is 336 g/mol. The second kappa shape index (κ2) is 7.07. The molecule has 0 spiro atoms. The molecule has 1 amide bonds. The van der Waals surface area contributed by atoms with E-state index in [0.717, 1.165) is 32.5 Å². The Labute approximate surface area is 142 Å². The van der Waals surface area contributed by atoms with Crippen LogP contribution < -0.4 is 4.74 Å². The number of hydrogen-bond acceptors (Lipinski definition) is 4. The molecule has 1 aromatic carbocycles. The zero-order valence-electron chi connectivity index (χ0n) is 14.1. The van der Waals surface area contributed by atoms with Crippen molar-refractivity contribution in [3.8, 4) is 5.75 Å². The molecule has 5 nitrogen and oxygen atoms in total. The van der Waals surface area contributed by atoms with Crippen molar-refractivity contribution in [3.63, 3.8) is 0 Å². The molecule has 6 heteroatoms. The Kier molecular flexibility index (Phi) is 5.06. The van der Waals surface area contributed by atoms with Crippen LogP contribution in [0.4, 0.5) is 4.39 Å². The Morgan fingerprint density at radius 1 is 1.38 bits per heavy atom. The summed E-state index contributed by atoms with van der Waals surface area (Å²) in [4.78, 5) is 15.6. The van der Waals surface area contributed by atoms with E-state index in [2.05, 4.69) is 4.90 Å². The smallest absolute Gasteiger partial charge is 0.219 e. The fourth-order valence-electron chi connectivity index (χ4n) is 3.64. The minimum absolute atomic E-state index is 0.134. The monoisotopic (exact) mass is 336 g/mol. The number of likely N-dealkylation sites (tertiary alicyclic amines) is 2. The van der Waals surface area contributed by atoms with Crippen LogP contribution in [0.3, 0.4) is 0 Å². The highest BCUT2D eigenvalue weighted by molar-refractivity contribution is 5.73. The summed E-state index contributed by atoms with van der Waals surface area (Å²) in [6, 6.07) is 6.39. The molecule has 1 N–H and O–H groups in total. The van der Waals surface area contributed by atoms with E-state index < -0.39 is 5.60 Å². The maximum atomic E-state index is 13.2. The summed E-state index contributed by atoms with van der Waals surface area (Å²) < 4.78 is 18.8. The number of benzene rings is 1. The van der Waals surface area contributed by atoms with Gasteiger partial charge in [-0.1, -0.05) is 6.07 Å². The third kappa shape index (κ3) is 4.05. The molecule has 0 radical (unpaired) electrons. The number of piperidine rings is 1. The molecule has 2 heterocycles. The molecule has 0 aliphatic carbocycles. The Balaban J connectivity index is 1.50. The predicted molar refractivity (Wildman–Crippen MR) is 88.3 cm³/mol. The maximum absolute atomic E-state index is 13.2. The van der Waals surface area contributed by atoms with E-state index >= 15 is 0 Å². The third-order valence-corrected chi connectivity index (χ3v) is 5.09. The zero-order valence-corrected chi connectivity index (χ0v) is 14.1. The molecular weight excluding hydrogens is 311 g/mol.